The number of amides is 1. The van der Waals surface area contributed by atoms with E-state index in [1.54, 1.807) is 40.8 Å². The number of halogens is 2. The maximum absolute atomic E-state index is 15.2. The summed E-state index contributed by atoms with van der Waals surface area (Å²) >= 11 is 6.14. The zero-order valence-corrected chi connectivity index (χ0v) is 26.5. The first-order chi connectivity index (χ1) is 21.0. The van der Waals surface area contributed by atoms with Gasteiger partial charge in [0.1, 0.15) is 5.82 Å². The number of fused-ring (bicyclic) bond motifs is 2. The highest BCUT2D eigenvalue weighted by Crippen LogP contribution is 2.49. The summed E-state index contributed by atoms with van der Waals surface area (Å²) < 4.78 is 44.3. The molecule has 5 rings (SSSR count). The van der Waals surface area contributed by atoms with E-state index in [4.69, 9.17) is 22.1 Å². The molecule has 44 heavy (non-hydrogen) atoms. The molecule has 6 N–H and O–H groups in total. The molecular formula is C32H41ClFN5O4S. The summed E-state index contributed by atoms with van der Waals surface area (Å²) in [6, 6.07) is 14.3. The molecule has 12 heteroatoms. The van der Waals surface area contributed by atoms with Crippen LogP contribution in [0.3, 0.4) is 0 Å². The molecular weight excluding hydrogens is 605 g/mol. The molecule has 3 aromatic rings. The van der Waals surface area contributed by atoms with Crippen LogP contribution in [0.1, 0.15) is 55.7 Å². The van der Waals surface area contributed by atoms with Crippen molar-refractivity contribution in [3.63, 3.8) is 0 Å². The fourth-order valence-corrected chi connectivity index (χ4v) is 8.04. The van der Waals surface area contributed by atoms with Crippen LogP contribution >= 0.6 is 22.4 Å². The lowest BCUT2D eigenvalue weighted by atomic mass is 9.85. The minimum atomic E-state index is -2.88. The molecule has 0 radical (unpaired) electrons. The molecule has 1 amide bonds. The Hall–Kier alpha value is -2.77. The first-order valence-electron chi connectivity index (χ1n) is 15.0. The van der Waals surface area contributed by atoms with Crippen molar-refractivity contribution in [2.45, 2.75) is 69.7 Å². The SMILES string of the molecule is CC(C)Oc1ccc([C@H](c2ccc(Cl)cc2)[C@H](N)C(=O)Nc2cccc(F)c2CCC2CNC3CCCS(O)(O)N2C3)cn1. The largest absolute Gasteiger partial charge is 0.475 e. The number of hydrogen-bond donors (Lipinski definition) is 5. The molecule has 0 spiro atoms. The van der Waals surface area contributed by atoms with Crippen LogP contribution in [-0.2, 0) is 11.2 Å². The van der Waals surface area contributed by atoms with Gasteiger partial charge in [0.2, 0.25) is 11.8 Å². The number of nitrogens with zero attached hydrogens (tertiary/aromatic N) is 2. The van der Waals surface area contributed by atoms with Crippen LogP contribution < -0.4 is 21.1 Å². The van der Waals surface area contributed by atoms with Gasteiger partial charge in [-0.2, -0.15) is 0 Å². The fraction of sp³-hybridized carbons (Fsp3) is 0.438. The molecule has 2 aliphatic heterocycles. The van der Waals surface area contributed by atoms with Crippen LogP contribution in [-0.4, -0.2) is 67.4 Å². The van der Waals surface area contributed by atoms with Gasteiger partial charge in [0.25, 0.3) is 0 Å². The summed E-state index contributed by atoms with van der Waals surface area (Å²) in [4.78, 5) is 18.1. The zero-order valence-electron chi connectivity index (χ0n) is 25.0. The van der Waals surface area contributed by atoms with Crippen LogP contribution in [0.4, 0.5) is 10.1 Å². The maximum Gasteiger partial charge on any atom is 0.242 e. The van der Waals surface area contributed by atoms with Crippen LogP contribution in [0, 0.1) is 5.82 Å². The van der Waals surface area contributed by atoms with Crippen LogP contribution in [0.5, 0.6) is 5.88 Å². The Kier molecular flexibility index (Phi) is 10.5. The van der Waals surface area contributed by atoms with Gasteiger partial charge in [0.05, 0.1) is 17.9 Å². The van der Waals surface area contributed by atoms with Crippen LogP contribution in [0.2, 0.25) is 5.02 Å². The lowest BCUT2D eigenvalue weighted by molar-refractivity contribution is -0.117. The lowest BCUT2D eigenvalue weighted by Crippen LogP contribution is -2.55. The van der Waals surface area contributed by atoms with Crippen molar-refractivity contribution in [1.82, 2.24) is 14.6 Å². The van der Waals surface area contributed by atoms with Gasteiger partial charge in [-0.3, -0.25) is 13.9 Å². The molecule has 3 heterocycles. The number of hydrogen-bond acceptors (Lipinski definition) is 8. The topological polar surface area (TPSA) is 133 Å². The highest BCUT2D eigenvalue weighted by Gasteiger charge is 2.38. The second kappa shape index (κ2) is 14.1. The predicted molar refractivity (Wildman–Crippen MR) is 174 cm³/mol. The number of benzene rings is 2. The molecule has 9 nitrogen and oxygen atoms in total. The number of pyridine rings is 1. The number of piperazine rings is 1. The monoisotopic (exact) mass is 645 g/mol. The van der Waals surface area contributed by atoms with Crippen molar-refractivity contribution in [2.75, 3.05) is 24.2 Å². The Morgan fingerprint density at radius 2 is 1.95 bits per heavy atom. The van der Waals surface area contributed by atoms with Gasteiger partial charge in [0.15, 0.2) is 0 Å². The summed E-state index contributed by atoms with van der Waals surface area (Å²) in [5, 5.41) is 6.93. The van der Waals surface area contributed by atoms with E-state index in [-0.39, 0.29) is 18.2 Å². The van der Waals surface area contributed by atoms with Crippen molar-refractivity contribution in [1.29, 1.82) is 0 Å². The molecule has 5 atom stereocenters. The molecule has 238 valence electrons. The summed E-state index contributed by atoms with van der Waals surface area (Å²) in [6.07, 6.45) is 4.02. The number of carbonyl (C=O) groups is 1. The Morgan fingerprint density at radius 3 is 2.66 bits per heavy atom. The van der Waals surface area contributed by atoms with E-state index in [9.17, 15) is 13.9 Å². The normalized spacial score (nSPS) is 23.3. The van der Waals surface area contributed by atoms with E-state index in [0.717, 1.165) is 18.4 Å². The standard InChI is InChI=1S/C32H41ClFN5O4S/c1-20(2)43-29-15-10-22(17-37-29)30(21-8-11-23(33)12-9-21)31(35)32(40)38-28-7-3-6-27(34)26(28)14-13-25-18-36-24-5-4-16-44(41,42)39(25)19-24/h3,6-12,15,17,20,24-25,30-31,36,41-42H,4-5,13-14,16,18-19,35H2,1-2H3,(H,38,40)/t24?,25?,30-,31-/m0/s1. The van der Waals surface area contributed by atoms with Gasteiger partial charge >= 0.3 is 0 Å². The van der Waals surface area contributed by atoms with Gasteiger partial charge in [-0.25, -0.2) is 13.7 Å². The average molecular weight is 646 g/mol. The Labute approximate surface area is 264 Å². The lowest BCUT2D eigenvalue weighted by Gasteiger charge is -2.49. The average Bonchev–Trinajstić information content (AvgIpc) is 3.10. The fourth-order valence-electron chi connectivity index (χ4n) is 6.05. The van der Waals surface area contributed by atoms with Crippen molar-refractivity contribution in [3.05, 3.63) is 88.3 Å². The molecule has 3 unspecified atom stereocenters. The summed E-state index contributed by atoms with van der Waals surface area (Å²) in [6.45, 7) is 4.96. The molecule has 0 aliphatic carbocycles. The first kappa shape index (κ1) is 32.6. The molecule has 1 aromatic heterocycles. The van der Waals surface area contributed by atoms with E-state index in [2.05, 4.69) is 15.6 Å². The Balaban J connectivity index is 1.35. The minimum Gasteiger partial charge on any atom is -0.475 e. The molecule has 0 saturated carbocycles. The second-order valence-corrected chi connectivity index (χ2v) is 14.4. The zero-order chi connectivity index (χ0) is 31.4. The van der Waals surface area contributed by atoms with Crippen molar-refractivity contribution in [3.8, 4) is 5.88 Å². The minimum absolute atomic E-state index is 0.0411. The summed E-state index contributed by atoms with van der Waals surface area (Å²) in [5.74, 6) is -0.688. The summed E-state index contributed by atoms with van der Waals surface area (Å²) in [7, 11) is -2.88. The number of aromatic nitrogens is 1. The van der Waals surface area contributed by atoms with Crippen molar-refractivity contribution >= 4 is 34.0 Å². The number of anilines is 1. The van der Waals surface area contributed by atoms with Gasteiger partial charge in [-0.15, -0.1) is 10.8 Å². The van der Waals surface area contributed by atoms with Gasteiger partial charge in [-0.05, 0) is 74.9 Å². The smallest absolute Gasteiger partial charge is 0.242 e. The highest BCUT2D eigenvalue weighted by molar-refractivity contribution is 8.22. The third-order valence-corrected chi connectivity index (χ3v) is 10.6. The van der Waals surface area contributed by atoms with Crippen molar-refractivity contribution in [2.24, 2.45) is 5.73 Å². The molecule has 2 fully saturated rings. The molecule has 2 aromatic carbocycles. The Morgan fingerprint density at radius 1 is 1.20 bits per heavy atom. The Bertz CT molecular complexity index is 1430. The van der Waals surface area contributed by atoms with E-state index in [1.807, 2.05) is 32.0 Å². The molecule has 2 aliphatic rings. The quantitative estimate of drug-likeness (QED) is 0.187. The van der Waals surface area contributed by atoms with Crippen LogP contribution in [0.15, 0.2) is 60.8 Å². The summed E-state index contributed by atoms with van der Waals surface area (Å²) in [5.41, 5.74) is 8.82. The van der Waals surface area contributed by atoms with E-state index in [0.29, 0.717) is 59.4 Å². The van der Waals surface area contributed by atoms with Crippen molar-refractivity contribution < 1.29 is 23.0 Å². The first-order valence-corrected chi connectivity index (χ1v) is 17.0. The van der Waals surface area contributed by atoms with Gasteiger partial charge in [-0.1, -0.05) is 35.9 Å². The number of nitrogens with one attached hydrogen (secondary N) is 2. The number of nitrogens with two attached hydrogens (primary N) is 1. The predicted octanol–water partition coefficient (Wildman–Crippen LogP) is 5.79. The highest BCUT2D eigenvalue weighted by atomic mass is 35.5. The van der Waals surface area contributed by atoms with E-state index >= 15 is 4.39 Å². The van der Waals surface area contributed by atoms with E-state index < -0.39 is 34.5 Å². The molecule has 2 bridgehead atoms. The van der Waals surface area contributed by atoms with Crippen LogP contribution in [0.25, 0.3) is 0 Å². The second-order valence-electron chi connectivity index (χ2n) is 11.8. The van der Waals surface area contributed by atoms with E-state index in [1.165, 1.54) is 6.07 Å². The van der Waals surface area contributed by atoms with Gasteiger partial charge < -0.3 is 21.1 Å². The number of ether oxygens (including phenoxy) is 1. The number of rotatable bonds is 10. The maximum atomic E-state index is 15.2. The van der Waals surface area contributed by atoms with Gasteiger partial charge in [0, 0.05) is 59.6 Å². The third kappa shape index (κ3) is 7.71. The third-order valence-electron chi connectivity index (χ3n) is 8.27. The molecule has 2 saturated heterocycles. The number of carbonyl (C=O) groups excluding carboxylic acids is 1.